The lowest BCUT2D eigenvalue weighted by Gasteiger charge is -2.11. The highest BCUT2D eigenvalue weighted by atomic mass is 19.1. The lowest BCUT2D eigenvalue weighted by Crippen LogP contribution is -2.33. The molecule has 1 heterocycles. The number of aliphatic carboxylic acids is 1. The first-order chi connectivity index (χ1) is 8.56. The summed E-state index contributed by atoms with van der Waals surface area (Å²) in [6, 6.07) is 2.09. The molecule has 0 aromatic carbocycles. The molecule has 0 bridgehead atoms. The number of hydrogen-bond donors (Lipinski definition) is 2. The summed E-state index contributed by atoms with van der Waals surface area (Å²) in [5.41, 5.74) is 0.162. The van der Waals surface area contributed by atoms with Crippen LogP contribution in [0.3, 0.4) is 0 Å². The Morgan fingerprint density at radius 2 is 2.22 bits per heavy atom. The Labute approximate surface area is 102 Å². The van der Waals surface area contributed by atoms with E-state index in [1.807, 2.05) is 0 Å². The predicted octanol–water partition coefficient (Wildman–Crippen LogP) is 0.980. The SMILES string of the molecule is O=C(NC1C=CC(C(=O)O)C1)c1ccnc(F)c1. The molecule has 1 aliphatic carbocycles. The van der Waals surface area contributed by atoms with Crippen LogP contribution in [0.25, 0.3) is 0 Å². The Morgan fingerprint density at radius 3 is 2.83 bits per heavy atom. The number of carbonyl (C=O) groups is 2. The van der Waals surface area contributed by atoms with Crippen LogP contribution in [0.4, 0.5) is 4.39 Å². The third-order valence-electron chi connectivity index (χ3n) is 2.71. The van der Waals surface area contributed by atoms with Crippen molar-refractivity contribution in [1.29, 1.82) is 0 Å². The maximum absolute atomic E-state index is 12.8. The van der Waals surface area contributed by atoms with Gasteiger partial charge in [0.15, 0.2) is 0 Å². The maximum Gasteiger partial charge on any atom is 0.310 e. The number of halogens is 1. The summed E-state index contributed by atoms with van der Waals surface area (Å²) in [6.45, 7) is 0. The minimum Gasteiger partial charge on any atom is -0.481 e. The van der Waals surface area contributed by atoms with Crippen LogP contribution in [0.1, 0.15) is 16.8 Å². The summed E-state index contributed by atoms with van der Waals surface area (Å²) in [5, 5.41) is 11.4. The van der Waals surface area contributed by atoms with Gasteiger partial charge in [0.25, 0.3) is 5.91 Å². The molecule has 2 rings (SSSR count). The van der Waals surface area contributed by atoms with Gasteiger partial charge in [0.2, 0.25) is 5.95 Å². The lowest BCUT2D eigenvalue weighted by molar-refractivity contribution is -0.140. The maximum atomic E-state index is 12.8. The fraction of sp³-hybridized carbons (Fsp3) is 0.250. The average molecular weight is 250 g/mol. The van der Waals surface area contributed by atoms with Gasteiger partial charge < -0.3 is 10.4 Å². The molecule has 2 atom stereocenters. The molecule has 0 radical (unpaired) electrons. The van der Waals surface area contributed by atoms with Crippen LogP contribution >= 0.6 is 0 Å². The molecule has 2 unspecified atom stereocenters. The highest BCUT2D eigenvalue weighted by Crippen LogP contribution is 2.18. The van der Waals surface area contributed by atoms with E-state index in [-0.39, 0.29) is 11.6 Å². The molecule has 18 heavy (non-hydrogen) atoms. The van der Waals surface area contributed by atoms with Crippen molar-refractivity contribution < 1.29 is 19.1 Å². The molecule has 1 amide bonds. The van der Waals surface area contributed by atoms with E-state index >= 15 is 0 Å². The van der Waals surface area contributed by atoms with Crippen molar-refractivity contribution in [3.05, 3.63) is 42.0 Å². The van der Waals surface area contributed by atoms with Crippen LogP contribution in [-0.4, -0.2) is 28.0 Å². The van der Waals surface area contributed by atoms with E-state index in [0.717, 1.165) is 6.07 Å². The van der Waals surface area contributed by atoms with Crippen LogP contribution in [-0.2, 0) is 4.79 Å². The zero-order valence-corrected chi connectivity index (χ0v) is 9.34. The summed E-state index contributed by atoms with van der Waals surface area (Å²) in [6.07, 6.45) is 4.69. The van der Waals surface area contributed by atoms with Crippen molar-refractivity contribution in [3.8, 4) is 0 Å². The van der Waals surface area contributed by atoms with Crippen molar-refractivity contribution in [3.63, 3.8) is 0 Å². The molecule has 0 fully saturated rings. The highest BCUT2D eigenvalue weighted by molar-refractivity contribution is 5.94. The van der Waals surface area contributed by atoms with E-state index in [2.05, 4.69) is 10.3 Å². The molecular formula is C12H11FN2O3. The van der Waals surface area contributed by atoms with Gasteiger partial charge in [-0.1, -0.05) is 12.2 Å². The molecule has 1 aromatic heterocycles. The third kappa shape index (κ3) is 2.71. The molecule has 1 aromatic rings. The van der Waals surface area contributed by atoms with Gasteiger partial charge in [0, 0.05) is 23.9 Å². The molecule has 0 spiro atoms. The van der Waals surface area contributed by atoms with Crippen LogP contribution in [0.5, 0.6) is 0 Å². The number of amides is 1. The van der Waals surface area contributed by atoms with E-state index in [4.69, 9.17) is 5.11 Å². The first kappa shape index (κ1) is 12.2. The van der Waals surface area contributed by atoms with Gasteiger partial charge in [0.1, 0.15) is 0 Å². The molecule has 5 nitrogen and oxygen atoms in total. The Hall–Kier alpha value is -2.24. The average Bonchev–Trinajstić information content (AvgIpc) is 2.77. The molecule has 0 saturated carbocycles. The summed E-state index contributed by atoms with van der Waals surface area (Å²) in [5.74, 6) is -2.67. The second-order valence-corrected chi connectivity index (χ2v) is 4.01. The van der Waals surface area contributed by atoms with E-state index in [1.165, 1.54) is 12.3 Å². The second-order valence-electron chi connectivity index (χ2n) is 4.01. The second kappa shape index (κ2) is 4.95. The minimum atomic E-state index is -0.919. The van der Waals surface area contributed by atoms with E-state index in [9.17, 15) is 14.0 Å². The van der Waals surface area contributed by atoms with Gasteiger partial charge in [-0.15, -0.1) is 0 Å². The van der Waals surface area contributed by atoms with E-state index < -0.39 is 23.7 Å². The summed E-state index contributed by atoms with van der Waals surface area (Å²) >= 11 is 0. The van der Waals surface area contributed by atoms with Crippen LogP contribution in [0, 0.1) is 11.9 Å². The number of hydrogen-bond acceptors (Lipinski definition) is 3. The summed E-state index contributed by atoms with van der Waals surface area (Å²) in [7, 11) is 0. The molecule has 2 N–H and O–H groups in total. The zero-order chi connectivity index (χ0) is 13.1. The first-order valence-corrected chi connectivity index (χ1v) is 5.40. The van der Waals surface area contributed by atoms with Crippen LogP contribution < -0.4 is 5.32 Å². The Bertz CT molecular complexity index is 516. The lowest BCUT2D eigenvalue weighted by atomic mass is 10.1. The van der Waals surface area contributed by atoms with Gasteiger partial charge in [-0.05, 0) is 12.5 Å². The molecule has 94 valence electrons. The van der Waals surface area contributed by atoms with E-state index in [1.54, 1.807) is 12.2 Å². The van der Waals surface area contributed by atoms with Gasteiger partial charge in [0.05, 0.1) is 5.92 Å². The van der Waals surface area contributed by atoms with Crippen LogP contribution in [0.2, 0.25) is 0 Å². The molecule has 6 heteroatoms. The summed E-state index contributed by atoms with van der Waals surface area (Å²) < 4.78 is 12.8. The molecule has 0 saturated heterocycles. The Kier molecular flexibility index (Phi) is 3.36. The largest absolute Gasteiger partial charge is 0.481 e. The van der Waals surface area contributed by atoms with Gasteiger partial charge in [-0.25, -0.2) is 4.98 Å². The Balaban J connectivity index is 1.97. The van der Waals surface area contributed by atoms with Gasteiger partial charge in [-0.2, -0.15) is 4.39 Å². The fourth-order valence-corrected chi connectivity index (χ4v) is 1.78. The number of aromatic nitrogens is 1. The topological polar surface area (TPSA) is 79.3 Å². The van der Waals surface area contributed by atoms with Crippen molar-refractivity contribution in [2.45, 2.75) is 12.5 Å². The van der Waals surface area contributed by atoms with E-state index in [0.29, 0.717) is 6.42 Å². The fourth-order valence-electron chi connectivity index (χ4n) is 1.78. The predicted molar refractivity (Wildman–Crippen MR) is 60.3 cm³/mol. The molecular weight excluding hydrogens is 239 g/mol. The number of pyridine rings is 1. The first-order valence-electron chi connectivity index (χ1n) is 5.40. The summed E-state index contributed by atoms with van der Waals surface area (Å²) in [4.78, 5) is 25.8. The Morgan fingerprint density at radius 1 is 1.44 bits per heavy atom. The van der Waals surface area contributed by atoms with Crippen molar-refractivity contribution in [1.82, 2.24) is 10.3 Å². The van der Waals surface area contributed by atoms with Gasteiger partial charge in [-0.3, -0.25) is 9.59 Å². The standard InChI is InChI=1S/C12H11FN2O3/c13-10-6-7(3-4-14-10)11(16)15-9-2-1-8(5-9)12(17)18/h1-4,6,8-9H,5H2,(H,15,16)(H,17,18). The monoisotopic (exact) mass is 250 g/mol. The normalized spacial score (nSPS) is 21.8. The van der Waals surface area contributed by atoms with Crippen molar-refractivity contribution >= 4 is 11.9 Å². The molecule has 0 aliphatic heterocycles. The van der Waals surface area contributed by atoms with Crippen molar-refractivity contribution in [2.24, 2.45) is 5.92 Å². The van der Waals surface area contributed by atoms with Gasteiger partial charge >= 0.3 is 5.97 Å². The third-order valence-corrected chi connectivity index (χ3v) is 2.71. The number of carbonyl (C=O) groups excluding carboxylic acids is 1. The minimum absolute atomic E-state index is 0.162. The molecule has 1 aliphatic rings. The number of nitrogens with one attached hydrogen (secondary N) is 1. The smallest absolute Gasteiger partial charge is 0.310 e. The number of carboxylic acids is 1. The number of carboxylic acid groups (broad SMARTS) is 1. The zero-order valence-electron chi connectivity index (χ0n) is 9.34. The number of nitrogens with zero attached hydrogens (tertiary/aromatic N) is 1. The van der Waals surface area contributed by atoms with Crippen molar-refractivity contribution in [2.75, 3.05) is 0 Å². The number of rotatable bonds is 3. The van der Waals surface area contributed by atoms with Crippen LogP contribution in [0.15, 0.2) is 30.5 Å². The highest BCUT2D eigenvalue weighted by Gasteiger charge is 2.25. The quantitative estimate of drug-likeness (QED) is 0.619.